The average Bonchev–Trinajstić information content (AvgIpc) is 2.82. The number of ether oxygens (including phenoxy) is 1. The fraction of sp³-hybridized carbons (Fsp3) is 0.312. The van der Waals surface area contributed by atoms with E-state index >= 15 is 0 Å². The maximum absolute atomic E-state index is 12.4. The Balaban J connectivity index is 2.22. The molecular weight excluding hydrogens is 352 g/mol. The summed E-state index contributed by atoms with van der Waals surface area (Å²) < 4.78 is 5.01. The summed E-state index contributed by atoms with van der Waals surface area (Å²) in [5.74, 6) is -1.17. The van der Waals surface area contributed by atoms with Crippen LogP contribution in [0.1, 0.15) is 19.4 Å². The second-order valence-corrected chi connectivity index (χ2v) is 6.18. The Kier molecular flexibility index (Phi) is 6.28. The molecule has 1 amide bonds. The molecule has 1 aromatic carbocycles. The number of carboxylic acids is 1. The molecule has 0 spiro atoms. The van der Waals surface area contributed by atoms with Crippen LogP contribution in [0.15, 0.2) is 28.1 Å². The number of carbonyl (C=O) groups excluding carboxylic acids is 2. The van der Waals surface area contributed by atoms with Crippen molar-refractivity contribution in [2.45, 2.75) is 13.8 Å². The zero-order chi connectivity index (χ0) is 17.7. The van der Waals surface area contributed by atoms with E-state index in [9.17, 15) is 14.7 Å². The number of amidine groups is 1. The van der Waals surface area contributed by atoms with Gasteiger partial charge < -0.3 is 14.6 Å². The van der Waals surface area contributed by atoms with E-state index in [1.807, 2.05) is 13.8 Å². The molecule has 0 aliphatic carbocycles. The Morgan fingerprint density at radius 3 is 2.79 bits per heavy atom. The number of thioether (sulfide) groups is 1. The second-order valence-electron chi connectivity index (χ2n) is 4.77. The van der Waals surface area contributed by atoms with Crippen molar-refractivity contribution >= 4 is 46.5 Å². The van der Waals surface area contributed by atoms with Crippen molar-refractivity contribution in [2.24, 2.45) is 4.99 Å². The van der Waals surface area contributed by atoms with Gasteiger partial charge in [-0.2, -0.15) is 0 Å². The molecule has 0 aromatic heterocycles. The molecule has 2 rings (SSSR count). The quantitative estimate of drug-likeness (QED) is 0.716. The van der Waals surface area contributed by atoms with Crippen LogP contribution in [-0.2, 0) is 9.59 Å². The van der Waals surface area contributed by atoms with E-state index in [1.165, 1.54) is 11.8 Å². The third-order valence-corrected chi connectivity index (χ3v) is 4.44. The predicted molar refractivity (Wildman–Crippen MR) is 92.9 cm³/mol. The summed E-state index contributed by atoms with van der Waals surface area (Å²) in [6, 6.07) is 4.86. The van der Waals surface area contributed by atoms with Gasteiger partial charge in [0.2, 0.25) is 0 Å². The van der Waals surface area contributed by atoms with Gasteiger partial charge in [0.15, 0.2) is 5.17 Å². The number of halogens is 1. The summed E-state index contributed by atoms with van der Waals surface area (Å²) in [7, 11) is 0. The van der Waals surface area contributed by atoms with Gasteiger partial charge >= 0.3 is 0 Å². The van der Waals surface area contributed by atoms with Crippen LogP contribution in [0.4, 0.5) is 0 Å². The molecule has 0 atom stereocenters. The van der Waals surface area contributed by atoms with Crippen LogP contribution < -0.4 is 9.84 Å². The third kappa shape index (κ3) is 4.30. The minimum Gasteiger partial charge on any atom is -0.546 e. The number of nitrogens with zero attached hydrogens (tertiary/aromatic N) is 2. The summed E-state index contributed by atoms with van der Waals surface area (Å²) in [6.45, 7) is 4.40. The Morgan fingerprint density at radius 1 is 1.46 bits per heavy atom. The lowest BCUT2D eigenvalue weighted by Gasteiger charge is -2.11. The maximum Gasteiger partial charge on any atom is 0.266 e. The normalized spacial score (nSPS) is 17.8. The van der Waals surface area contributed by atoms with Crippen LogP contribution in [0, 0.1) is 0 Å². The first-order chi connectivity index (χ1) is 11.5. The highest BCUT2D eigenvalue weighted by Gasteiger charge is 2.31. The number of carboxylic acid groups (broad SMARTS) is 1. The lowest BCUT2D eigenvalue weighted by molar-refractivity contribution is -0.307. The average molecular weight is 368 g/mol. The molecule has 0 unspecified atom stereocenters. The van der Waals surface area contributed by atoms with Crippen molar-refractivity contribution in [3.05, 3.63) is 33.7 Å². The van der Waals surface area contributed by atoms with E-state index in [-0.39, 0.29) is 16.7 Å². The topological polar surface area (TPSA) is 82.0 Å². The van der Waals surface area contributed by atoms with E-state index in [1.54, 1.807) is 29.2 Å². The van der Waals surface area contributed by atoms with Crippen molar-refractivity contribution in [2.75, 3.05) is 19.7 Å². The standard InChI is InChI=1S/C16H17ClN2O4S/c1-3-18-16-19(4-2)15(22)13(24-16)8-10-5-6-12(11(17)7-10)23-9-14(20)21/h5-8H,3-4,9H2,1-2H3,(H,20,21)/p-1/b13-8-,18-16?. The third-order valence-electron chi connectivity index (χ3n) is 3.10. The van der Waals surface area contributed by atoms with Crippen molar-refractivity contribution in [3.8, 4) is 5.75 Å². The van der Waals surface area contributed by atoms with Crippen molar-refractivity contribution in [1.29, 1.82) is 0 Å². The molecule has 6 nitrogen and oxygen atoms in total. The van der Waals surface area contributed by atoms with Crippen LogP contribution >= 0.6 is 23.4 Å². The van der Waals surface area contributed by atoms with Crippen molar-refractivity contribution < 1.29 is 19.4 Å². The van der Waals surface area contributed by atoms with Crippen LogP contribution in [0.25, 0.3) is 6.08 Å². The lowest BCUT2D eigenvalue weighted by atomic mass is 10.2. The number of amides is 1. The van der Waals surface area contributed by atoms with Crippen molar-refractivity contribution in [3.63, 3.8) is 0 Å². The SMILES string of the molecule is CCN=C1S/C(=C\c2ccc(OCC(=O)[O-])c(Cl)c2)C(=O)N1CC. The van der Waals surface area contributed by atoms with Crippen molar-refractivity contribution in [1.82, 2.24) is 4.90 Å². The zero-order valence-corrected chi connectivity index (χ0v) is 14.8. The number of likely N-dealkylation sites (N-methyl/N-ethyl adjacent to an activating group) is 1. The molecule has 1 aliphatic heterocycles. The number of aliphatic imine (C=N–C) groups is 1. The van der Waals surface area contributed by atoms with Crippen LogP contribution in [-0.4, -0.2) is 41.6 Å². The fourth-order valence-electron chi connectivity index (χ4n) is 2.05. The van der Waals surface area contributed by atoms with Gasteiger partial charge in [-0.25, -0.2) is 0 Å². The Bertz CT molecular complexity index is 718. The van der Waals surface area contributed by atoms with Gasteiger partial charge in [0, 0.05) is 13.1 Å². The summed E-state index contributed by atoms with van der Waals surface area (Å²) in [6.07, 6.45) is 1.72. The first-order valence-corrected chi connectivity index (χ1v) is 8.53. The number of rotatable bonds is 6. The van der Waals surface area contributed by atoms with Gasteiger partial charge in [-0.05, 0) is 49.4 Å². The number of hydrogen-bond donors (Lipinski definition) is 0. The van der Waals surface area contributed by atoms with Gasteiger partial charge in [-0.3, -0.25) is 14.7 Å². The molecular formula is C16H16ClN2O4S-. The molecule has 1 aromatic rings. The molecule has 0 bridgehead atoms. The predicted octanol–water partition coefficient (Wildman–Crippen LogP) is 1.78. The van der Waals surface area contributed by atoms with Gasteiger partial charge in [0.25, 0.3) is 5.91 Å². The zero-order valence-electron chi connectivity index (χ0n) is 13.2. The van der Waals surface area contributed by atoms with E-state index < -0.39 is 12.6 Å². The highest BCUT2D eigenvalue weighted by atomic mass is 35.5. The molecule has 8 heteroatoms. The minimum absolute atomic E-state index is 0.0944. The van der Waals surface area contributed by atoms with Gasteiger partial charge in [-0.1, -0.05) is 17.7 Å². The van der Waals surface area contributed by atoms with E-state index in [4.69, 9.17) is 16.3 Å². The Labute approximate surface area is 149 Å². The number of hydrogen-bond acceptors (Lipinski definition) is 6. The molecule has 0 radical (unpaired) electrons. The molecule has 24 heavy (non-hydrogen) atoms. The highest BCUT2D eigenvalue weighted by molar-refractivity contribution is 8.18. The van der Waals surface area contributed by atoms with E-state index in [2.05, 4.69) is 4.99 Å². The molecule has 0 N–H and O–H groups in total. The Morgan fingerprint density at radius 2 is 2.21 bits per heavy atom. The van der Waals surface area contributed by atoms with Crippen LogP contribution in [0.3, 0.4) is 0 Å². The summed E-state index contributed by atoms with van der Waals surface area (Å²) in [4.78, 5) is 29.3. The molecule has 128 valence electrons. The van der Waals surface area contributed by atoms with Gasteiger partial charge in [0.1, 0.15) is 12.4 Å². The fourth-order valence-corrected chi connectivity index (χ4v) is 3.40. The second kappa shape index (κ2) is 8.21. The summed E-state index contributed by atoms with van der Waals surface area (Å²) in [5, 5.41) is 11.4. The van der Waals surface area contributed by atoms with Crippen LogP contribution in [0.5, 0.6) is 5.75 Å². The molecule has 1 heterocycles. The smallest absolute Gasteiger partial charge is 0.266 e. The van der Waals surface area contributed by atoms with E-state index in [0.717, 1.165) is 0 Å². The van der Waals surface area contributed by atoms with Gasteiger partial charge in [0.05, 0.1) is 15.9 Å². The Hall–Kier alpha value is -1.99. The monoisotopic (exact) mass is 367 g/mol. The number of benzene rings is 1. The first kappa shape index (κ1) is 18.4. The highest BCUT2D eigenvalue weighted by Crippen LogP contribution is 2.33. The number of carbonyl (C=O) groups is 2. The molecule has 0 saturated carbocycles. The maximum atomic E-state index is 12.4. The lowest BCUT2D eigenvalue weighted by Crippen LogP contribution is -2.29. The molecule has 1 fully saturated rings. The first-order valence-electron chi connectivity index (χ1n) is 7.34. The largest absolute Gasteiger partial charge is 0.546 e. The van der Waals surface area contributed by atoms with E-state index in [0.29, 0.717) is 28.7 Å². The molecule has 1 saturated heterocycles. The number of aliphatic carboxylic acids is 1. The van der Waals surface area contributed by atoms with Gasteiger partial charge in [-0.15, -0.1) is 0 Å². The van der Waals surface area contributed by atoms with Crippen LogP contribution in [0.2, 0.25) is 5.02 Å². The summed E-state index contributed by atoms with van der Waals surface area (Å²) in [5.41, 5.74) is 0.713. The summed E-state index contributed by atoms with van der Waals surface area (Å²) >= 11 is 7.40. The minimum atomic E-state index is -1.33. The molecule has 1 aliphatic rings.